The lowest BCUT2D eigenvalue weighted by Crippen LogP contribution is -2.47. The van der Waals surface area contributed by atoms with Gasteiger partial charge in [-0.05, 0) is 62.0 Å². The molecule has 4 rings (SSSR count). The third-order valence-corrected chi connectivity index (χ3v) is 5.79. The van der Waals surface area contributed by atoms with Crippen LogP contribution in [0.15, 0.2) is 24.3 Å². The van der Waals surface area contributed by atoms with Crippen LogP contribution in [0, 0.1) is 11.8 Å². The van der Waals surface area contributed by atoms with Crippen LogP contribution < -0.4 is 5.32 Å². The van der Waals surface area contributed by atoms with Gasteiger partial charge in [-0.25, -0.2) is 0 Å². The zero-order valence-electron chi connectivity index (χ0n) is 12.3. The lowest BCUT2D eigenvalue weighted by molar-refractivity contribution is 0.107. The largest absolute Gasteiger partial charge is 0.377 e. The van der Waals surface area contributed by atoms with Gasteiger partial charge in [0.15, 0.2) is 0 Å². The van der Waals surface area contributed by atoms with E-state index in [0.29, 0.717) is 18.2 Å². The minimum Gasteiger partial charge on any atom is -0.377 e. The number of hydrogen-bond donors (Lipinski definition) is 1. The van der Waals surface area contributed by atoms with Gasteiger partial charge in [0.2, 0.25) is 0 Å². The number of fused-ring (bicyclic) bond motifs is 3. The fraction of sp³-hybridized carbons (Fsp3) is 0.667. The Labute approximate surface area is 121 Å². The molecule has 1 N–H and O–H groups in total. The van der Waals surface area contributed by atoms with E-state index in [4.69, 9.17) is 4.74 Å². The van der Waals surface area contributed by atoms with E-state index in [1.165, 1.54) is 32.1 Å². The lowest BCUT2D eigenvalue weighted by atomic mass is 9.93. The van der Waals surface area contributed by atoms with Crippen molar-refractivity contribution in [2.75, 3.05) is 6.61 Å². The Bertz CT molecular complexity index is 453. The van der Waals surface area contributed by atoms with Crippen molar-refractivity contribution in [1.29, 1.82) is 0 Å². The summed E-state index contributed by atoms with van der Waals surface area (Å²) in [6.07, 6.45) is 6.92. The van der Waals surface area contributed by atoms with Gasteiger partial charge in [-0.3, -0.25) is 0 Å². The third kappa shape index (κ3) is 2.19. The highest BCUT2D eigenvalue weighted by Gasteiger charge is 2.40. The maximum atomic E-state index is 5.73. The summed E-state index contributed by atoms with van der Waals surface area (Å²) in [7, 11) is 0. The van der Waals surface area contributed by atoms with Crippen LogP contribution in [0.4, 0.5) is 0 Å². The molecule has 108 valence electrons. The molecule has 0 radical (unpaired) electrons. The van der Waals surface area contributed by atoms with Crippen molar-refractivity contribution >= 4 is 0 Å². The zero-order valence-corrected chi connectivity index (χ0v) is 12.3. The molecule has 1 saturated carbocycles. The Morgan fingerprint density at radius 3 is 2.20 bits per heavy atom. The summed E-state index contributed by atoms with van der Waals surface area (Å²) in [5.41, 5.74) is 3.20. The lowest BCUT2D eigenvalue weighted by Gasteiger charge is -2.28. The Morgan fingerprint density at radius 1 is 1.00 bits per heavy atom. The summed E-state index contributed by atoms with van der Waals surface area (Å²) < 4.78 is 5.73. The highest BCUT2D eigenvalue weighted by atomic mass is 16.5. The first kappa shape index (κ1) is 12.8. The number of nitrogens with one attached hydrogen (secondary N) is 1. The Kier molecular flexibility index (Phi) is 3.31. The molecule has 3 aliphatic rings. The number of benzene rings is 1. The van der Waals surface area contributed by atoms with Crippen molar-refractivity contribution in [2.24, 2.45) is 11.8 Å². The van der Waals surface area contributed by atoms with Gasteiger partial charge in [0.25, 0.3) is 0 Å². The fourth-order valence-electron chi connectivity index (χ4n) is 4.62. The van der Waals surface area contributed by atoms with Gasteiger partial charge in [-0.2, -0.15) is 0 Å². The molecule has 20 heavy (non-hydrogen) atoms. The molecule has 2 fully saturated rings. The van der Waals surface area contributed by atoms with Crippen LogP contribution >= 0.6 is 0 Å². The Morgan fingerprint density at radius 2 is 1.65 bits per heavy atom. The van der Waals surface area contributed by atoms with Crippen LogP contribution in [0.25, 0.3) is 0 Å². The van der Waals surface area contributed by atoms with Gasteiger partial charge >= 0.3 is 0 Å². The van der Waals surface area contributed by atoms with Crippen LogP contribution in [0.1, 0.15) is 37.3 Å². The molecule has 1 heterocycles. The Balaban J connectivity index is 1.55. The van der Waals surface area contributed by atoms with E-state index in [1.807, 2.05) is 0 Å². The molecular formula is C18H25NO. The molecule has 2 nitrogen and oxygen atoms in total. The SMILES string of the molecule is CC1OCCC1NC1C2CCC1Cc1ccccc1C2. The van der Waals surface area contributed by atoms with Crippen LogP contribution in [0.3, 0.4) is 0 Å². The van der Waals surface area contributed by atoms with Crippen molar-refractivity contribution in [1.82, 2.24) is 5.32 Å². The van der Waals surface area contributed by atoms with E-state index in [0.717, 1.165) is 18.4 Å². The average molecular weight is 271 g/mol. The number of hydrogen-bond acceptors (Lipinski definition) is 2. The summed E-state index contributed by atoms with van der Waals surface area (Å²) in [4.78, 5) is 0. The molecule has 2 aliphatic carbocycles. The van der Waals surface area contributed by atoms with Crippen molar-refractivity contribution in [3.05, 3.63) is 35.4 Å². The fourth-order valence-corrected chi connectivity index (χ4v) is 4.62. The van der Waals surface area contributed by atoms with Gasteiger partial charge in [0.1, 0.15) is 0 Å². The van der Waals surface area contributed by atoms with Gasteiger partial charge in [-0.1, -0.05) is 24.3 Å². The zero-order chi connectivity index (χ0) is 13.5. The molecule has 4 atom stereocenters. The standard InChI is InChI=1S/C18H25NO/c1-12-17(8-9-20-12)19-18-15-6-7-16(18)11-14-5-3-2-4-13(14)10-15/h2-5,12,15-19H,6-11H2,1H3. The minimum absolute atomic E-state index is 0.389. The highest BCUT2D eigenvalue weighted by Crippen LogP contribution is 2.40. The van der Waals surface area contributed by atoms with Gasteiger partial charge in [0, 0.05) is 18.7 Å². The molecule has 1 aliphatic heterocycles. The minimum atomic E-state index is 0.389. The van der Waals surface area contributed by atoms with E-state index >= 15 is 0 Å². The normalized spacial score (nSPS) is 39.5. The van der Waals surface area contributed by atoms with Crippen molar-refractivity contribution < 1.29 is 4.74 Å². The summed E-state index contributed by atoms with van der Waals surface area (Å²) in [6.45, 7) is 3.15. The molecule has 2 heteroatoms. The Hall–Kier alpha value is -0.860. The molecule has 1 saturated heterocycles. The second-order valence-electron chi connectivity index (χ2n) is 6.94. The second-order valence-corrected chi connectivity index (χ2v) is 6.94. The maximum Gasteiger partial charge on any atom is 0.0700 e. The van der Waals surface area contributed by atoms with Crippen LogP contribution in [0.5, 0.6) is 0 Å². The molecule has 1 aromatic rings. The van der Waals surface area contributed by atoms with Crippen molar-refractivity contribution in [2.45, 2.75) is 57.2 Å². The highest BCUT2D eigenvalue weighted by molar-refractivity contribution is 5.30. The predicted molar refractivity (Wildman–Crippen MR) is 80.8 cm³/mol. The van der Waals surface area contributed by atoms with Crippen LogP contribution in [-0.4, -0.2) is 24.8 Å². The topological polar surface area (TPSA) is 21.3 Å². The van der Waals surface area contributed by atoms with E-state index in [9.17, 15) is 0 Å². The molecule has 0 amide bonds. The number of ether oxygens (including phenoxy) is 1. The van der Waals surface area contributed by atoms with E-state index in [-0.39, 0.29) is 0 Å². The van der Waals surface area contributed by atoms with Gasteiger partial charge in [0.05, 0.1) is 6.10 Å². The van der Waals surface area contributed by atoms with Crippen LogP contribution in [0.2, 0.25) is 0 Å². The van der Waals surface area contributed by atoms with Gasteiger partial charge < -0.3 is 10.1 Å². The van der Waals surface area contributed by atoms with Crippen LogP contribution in [-0.2, 0) is 17.6 Å². The van der Waals surface area contributed by atoms with E-state index < -0.39 is 0 Å². The number of rotatable bonds is 2. The first-order valence-electron chi connectivity index (χ1n) is 8.25. The molecular weight excluding hydrogens is 246 g/mol. The van der Waals surface area contributed by atoms with Crippen molar-refractivity contribution in [3.8, 4) is 0 Å². The molecule has 1 aromatic carbocycles. The second kappa shape index (κ2) is 5.16. The van der Waals surface area contributed by atoms with E-state index in [2.05, 4.69) is 36.5 Å². The monoisotopic (exact) mass is 271 g/mol. The summed E-state index contributed by atoms with van der Waals surface area (Å²) in [5, 5.41) is 3.98. The van der Waals surface area contributed by atoms with Gasteiger partial charge in [-0.15, -0.1) is 0 Å². The molecule has 2 bridgehead atoms. The summed E-state index contributed by atoms with van der Waals surface area (Å²) in [6, 6.07) is 10.4. The predicted octanol–water partition coefficient (Wildman–Crippen LogP) is 2.95. The summed E-state index contributed by atoms with van der Waals surface area (Å²) >= 11 is 0. The maximum absolute atomic E-state index is 5.73. The first-order chi connectivity index (χ1) is 9.81. The smallest absolute Gasteiger partial charge is 0.0700 e. The third-order valence-electron chi connectivity index (χ3n) is 5.79. The molecule has 0 aromatic heterocycles. The average Bonchev–Trinajstić information content (AvgIpc) is 2.95. The molecule has 0 spiro atoms. The molecule has 4 unspecified atom stereocenters. The van der Waals surface area contributed by atoms with E-state index in [1.54, 1.807) is 11.1 Å². The quantitative estimate of drug-likeness (QED) is 0.893. The van der Waals surface area contributed by atoms with Crippen molar-refractivity contribution in [3.63, 3.8) is 0 Å². The summed E-state index contributed by atoms with van der Waals surface area (Å²) in [5.74, 6) is 1.66. The first-order valence-corrected chi connectivity index (χ1v) is 8.25.